The number of methoxy groups -OCH3 is 2. The van der Waals surface area contributed by atoms with Crippen LogP contribution in [-0.2, 0) is 4.74 Å². The minimum absolute atomic E-state index is 0.0705. The highest BCUT2D eigenvalue weighted by atomic mass is 19.1. The first-order valence-electron chi connectivity index (χ1n) is 12.3. The number of amides is 2. The number of ether oxygens (including phenoxy) is 3. The summed E-state index contributed by atoms with van der Waals surface area (Å²) in [6, 6.07) is 16.9. The predicted molar refractivity (Wildman–Crippen MR) is 145 cm³/mol. The molecule has 1 unspecified atom stereocenters. The van der Waals surface area contributed by atoms with Gasteiger partial charge >= 0.3 is 6.09 Å². The molecule has 1 heterocycles. The number of nitrogens with one attached hydrogen (secondary N) is 3. The Morgan fingerprint density at radius 2 is 1.74 bits per heavy atom. The highest BCUT2D eigenvalue weighted by Gasteiger charge is 2.21. The van der Waals surface area contributed by atoms with E-state index in [4.69, 9.17) is 14.2 Å². The SMILES string of the molecule is COc1cc(C(=O)NC(CNC(=O)OC(C)(C)C)c2cccc(OC)c2)cc(-c2ccc3[nH]nc(F)c3c2)c1. The number of hydrogen-bond acceptors (Lipinski definition) is 6. The van der Waals surface area contributed by atoms with E-state index < -0.39 is 29.6 Å². The van der Waals surface area contributed by atoms with E-state index in [1.807, 2.05) is 6.07 Å². The molecule has 0 radical (unpaired) electrons. The van der Waals surface area contributed by atoms with Gasteiger partial charge in [0.05, 0.1) is 31.2 Å². The Hall–Kier alpha value is -4.60. The Balaban J connectivity index is 1.63. The Morgan fingerprint density at radius 1 is 0.974 bits per heavy atom. The van der Waals surface area contributed by atoms with Gasteiger partial charge in [0.2, 0.25) is 5.95 Å². The number of carbonyl (C=O) groups is 2. The number of halogens is 1. The predicted octanol–water partition coefficient (Wildman–Crippen LogP) is 5.38. The number of carbonyl (C=O) groups excluding carboxylic acids is 2. The summed E-state index contributed by atoms with van der Waals surface area (Å²) in [5.74, 6) is 0.0561. The van der Waals surface area contributed by atoms with Crippen LogP contribution in [0, 0.1) is 5.95 Å². The van der Waals surface area contributed by atoms with Crippen LogP contribution in [0.5, 0.6) is 11.5 Å². The molecule has 0 aliphatic rings. The minimum Gasteiger partial charge on any atom is -0.497 e. The van der Waals surface area contributed by atoms with Crippen LogP contribution in [0.3, 0.4) is 0 Å². The molecular formula is C29H31FN4O5. The zero-order valence-corrected chi connectivity index (χ0v) is 22.4. The van der Waals surface area contributed by atoms with Gasteiger partial charge in [0.1, 0.15) is 17.1 Å². The van der Waals surface area contributed by atoms with Crippen LogP contribution >= 0.6 is 0 Å². The van der Waals surface area contributed by atoms with Gasteiger partial charge in [0, 0.05) is 12.1 Å². The van der Waals surface area contributed by atoms with Crippen molar-refractivity contribution >= 4 is 22.9 Å². The highest BCUT2D eigenvalue weighted by molar-refractivity contribution is 5.97. The van der Waals surface area contributed by atoms with Gasteiger partial charge in [-0.1, -0.05) is 18.2 Å². The maximum absolute atomic E-state index is 14.1. The van der Waals surface area contributed by atoms with E-state index in [1.165, 1.54) is 7.11 Å². The van der Waals surface area contributed by atoms with Gasteiger partial charge in [-0.15, -0.1) is 5.10 Å². The third-order valence-corrected chi connectivity index (χ3v) is 5.90. The van der Waals surface area contributed by atoms with E-state index in [-0.39, 0.29) is 6.54 Å². The Bertz CT molecular complexity index is 1490. The second kappa shape index (κ2) is 11.4. The van der Waals surface area contributed by atoms with Gasteiger partial charge in [-0.05, 0) is 79.9 Å². The monoisotopic (exact) mass is 534 g/mol. The van der Waals surface area contributed by atoms with Crippen molar-refractivity contribution in [3.8, 4) is 22.6 Å². The van der Waals surface area contributed by atoms with Gasteiger partial charge in [0.25, 0.3) is 5.91 Å². The molecule has 0 aliphatic heterocycles. The fourth-order valence-corrected chi connectivity index (χ4v) is 4.03. The lowest BCUT2D eigenvalue weighted by atomic mass is 10.00. The van der Waals surface area contributed by atoms with E-state index in [0.29, 0.717) is 39.1 Å². The average Bonchev–Trinajstić information content (AvgIpc) is 3.29. The molecule has 10 heteroatoms. The quantitative estimate of drug-likeness (QED) is 0.280. The molecule has 0 bridgehead atoms. The maximum Gasteiger partial charge on any atom is 0.407 e. The van der Waals surface area contributed by atoms with Gasteiger partial charge < -0.3 is 24.8 Å². The molecule has 4 aromatic rings. The summed E-state index contributed by atoms with van der Waals surface area (Å²) in [6.07, 6.45) is -0.602. The van der Waals surface area contributed by atoms with Crippen molar-refractivity contribution < 1.29 is 28.2 Å². The van der Waals surface area contributed by atoms with Crippen LogP contribution in [-0.4, -0.2) is 48.6 Å². The number of benzene rings is 3. The number of aromatic nitrogens is 2. The average molecular weight is 535 g/mol. The fraction of sp³-hybridized carbons (Fsp3) is 0.276. The third kappa shape index (κ3) is 6.84. The molecule has 9 nitrogen and oxygen atoms in total. The summed E-state index contributed by atoms with van der Waals surface area (Å²) in [6.45, 7) is 5.38. The molecule has 0 spiro atoms. The van der Waals surface area contributed by atoms with Gasteiger partial charge in [0.15, 0.2) is 0 Å². The molecule has 39 heavy (non-hydrogen) atoms. The van der Waals surface area contributed by atoms with E-state index in [1.54, 1.807) is 82.5 Å². The smallest absolute Gasteiger partial charge is 0.407 e. The summed E-state index contributed by atoms with van der Waals surface area (Å²) in [5.41, 5.74) is 2.29. The van der Waals surface area contributed by atoms with Crippen molar-refractivity contribution in [2.45, 2.75) is 32.4 Å². The number of H-pyrrole nitrogens is 1. The number of rotatable bonds is 8. The van der Waals surface area contributed by atoms with Gasteiger partial charge in [-0.3, -0.25) is 9.89 Å². The van der Waals surface area contributed by atoms with Crippen molar-refractivity contribution in [2.75, 3.05) is 20.8 Å². The minimum atomic E-state index is -0.668. The molecule has 204 valence electrons. The number of nitrogens with zero attached hydrogens (tertiary/aromatic N) is 1. The zero-order valence-electron chi connectivity index (χ0n) is 22.4. The summed E-state index contributed by atoms with van der Waals surface area (Å²) >= 11 is 0. The van der Waals surface area contributed by atoms with E-state index >= 15 is 0 Å². The second-order valence-corrected chi connectivity index (χ2v) is 9.91. The molecule has 0 aliphatic carbocycles. The first-order chi connectivity index (χ1) is 18.6. The second-order valence-electron chi connectivity index (χ2n) is 9.91. The first kappa shape index (κ1) is 27.4. The summed E-state index contributed by atoms with van der Waals surface area (Å²) < 4.78 is 30.2. The van der Waals surface area contributed by atoms with Gasteiger partial charge in [-0.25, -0.2) is 4.79 Å². The standard InChI is InChI=1S/C29H31FN4O5/c1-29(2,3)39-28(36)31-16-25(18-7-6-8-21(12-18)37-4)32-27(35)20-11-19(13-22(14-20)38-5)17-9-10-24-23(15-17)26(30)34-33-24/h6-15,25H,16H2,1-5H3,(H,31,36)(H,32,35)(H,33,34). The first-order valence-corrected chi connectivity index (χ1v) is 12.3. The highest BCUT2D eigenvalue weighted by Crippen LogP contribution is 2.29. The Kier molecular flexibility index (Phi) is 8.04. The topological polar surface area (TPSA) is 115 Å². The van der Waals surface area contributed by atoms with Crippen molar-refractivity contribution in [3.05, 3.63) is 77.7 Å². The Morgan fingerprint density at radius 3 is 2.46 bits per heavy atom. The lowest BCUT2D eigenvalue weighted by Crippen LogP contribution is -2.40. The number of aromatic amines is 1. The molecular weight excluding hydrogens is 503 g/mol. The molecule has 0 fully saturated rings. The van der Waals surface area contributed by atoms with Crippen LogP contribution in [0.25, 0.3) is 22.0 Å². The van der Waals surface area contributed by atoms with Crippen LogP contribution in [0.4, 0.5) is 9.18 Å². The summed E-state index contributed by atoms with van der Waals surface area (Å²) in [5, 5.41) is 12.3. The van der Waals surface area contributed by atoms with E-state index in [0.717, 1.165) is 5.56 Å². The largest absolute Gasteiger partial charge is 0.497 e. The number of hydrogen-bond donors (Lipinski definition) is 3. The Labute approximate surface area is 225 Å². The van der Waals surface area contributed by atoms with Crippen LogP contribution < -0.4 is 20.1 Å². The molecule has 1 atom stereocenters. The molecule has 1 aromatic heterocycles. The summed E-state index contributed by atoms with van der Waals surface area (Å²) in [4.78, 5) is 25.9. The van der Waals surface area contributed by atoms with Crippen LogP contribution in [0.15, 0.2) is 60.7 Å². The fourth-order valence-electron chi connectivity index (χ4n) is 4.03. The van der Waals surface area contributed by atoms with Crippen molar-refractivity contribution in [1.82, 2.24) is 20.8 Å². The van der Waals surface area contributed by atoms with Crippen molar-refractivity contribution in [1.29, 1.82) is 0 Å². The van der Waals surface area contributed by atoms with Gasteiger partial charge in [-0.2, -0.15) is 4.39 Å². The number of alkyl carbamates (subject to hydrolysis) is 1. The van der Waals surface area contributed by atoms with Crippen LogP contribution in [0.1, 0.15) is 42.7 Å². The van der Waals surface area contributed by atoms with Crippen LogP contribution in [0.2, 0.25) is 0 Å². The molecule has 3 N–H and O–H groups in total. The van der Waals surface area contributed by atoms with Crippen molar-refractivity contribution in [3.63, 3.8) is 0 Å². The zero-order chi connectivity index (χ0) is 28.2. The molecule has 3 aromatic carbocycles. The van der Waals surface area contributed by atoms with Crippen molar-refractivity contribution in [2.24, 2.45) is 0 Å². The lowest BCUT2D eigenvalue weighted by molar-refractivity contribution is 0.0520. The number of fused-ring (bicyclic) bond motifs is 1. The lowest BCUT2D eigenvalue weighted by Gasteiger charge is -2.23. The third-order valence-electron chi connectivity index (χ3n) is 5.90. The molecule has 4 rings (SSSR count). The normalized spacial score (nSPS) is 12.1. The molecule has 0 saturated heterocycles. The molecule has 0 saturated carbocycles. The maximum atomic E-state index is 14.1. The molecule has 2 amide bonds. The summed E-state index contributed by atoms with van der Waals surface area (Å²) in [7, 11) is 3.06. The van der Waals surface area contributed by atoms with E-state index in [9.17, 15) is 14.0 Å². The van der Waals surface area contributed by atoms with E-state index in [2.05, 4.69) is 20.8 Å².